The molecule has 0 saturated carbocycles. The molecular weight excluding hydrogens is 183 g/mol. The van der Waals surface area contributed by atoms with E-state index in [1.54, 1.807) is 0 Å². The van der Waals surface area contributed by atoms with Crippen molar-refractivity contribution in [2.75, 3.05) is 12.3 Å². The normalized spacial score (nSPS) is 28.2. The maximum atomic E-state index is 12.1. The molecule has 1 heterocycles. The molecule has 3 heteroatoms. The molecule has 0 aromatic carbocycles. The van der Waals surface area contributed by atoms with Gasteiger partial charge >= 0.3 is 0 Å². The molecule has 76 valence electrons. The quantitative estimate of drug-likeness (QED) is 0.515. The van der Waals surface area contributed by atoms with Gasteiger partial charge in [-0.25, -0.2) is 0 Å². The van der Waals surface area contributed by atoms with Gasteiger partial charge in [-0.1, -0.05) is 25.5 Å². The molecule has 13 heavy (non-hydrogen) atoms. The van der Waals surface area contributed by atoms with E-state index in [9.17, 15) is 4.57 Å². The summed E-state index contributed by atoms with van der Waals surface area (Å²) in [5, 5.41) is 0. The molecule has 0 spiro atoms. The SMILES string of the molecule is CCC(CC)O[P@@]1(=O)CC=C(C)C1. The topological polar surface area (TPSA) is 26.3 Å². The summed E-state index contributed by atoms with van der Waals surface area (Å²) in [6, 6.07) is 0. The summed E-state index contributed by atoms with van der Waals surface area (Å²) < 4.78 is 17.7. The maximum absolute atomic E-state index is 12.1. The molecule has 1 aliphatic heterocycles. The molecule has 0 amide bonds. The molecule has 1 atom stereocenters. The largest absolute Gasteiger partial charge is 0.325 e. The van der Waals surface area contributed by atoms with Crippen LogP contribution in [0.3, 0.4) is 0 Å². The van der Waals surface area contributed by atoms with Gasteiger partial charge in [0.15, 0.2) is 0 Å². The molecule has 0 bridgehead atoms. The van der Waals surface area contributed by atoms with E-state index in [1.807, 2.05) is 13.0 Å². The second-order valence-corrected chi connectivity index (χ2v) is 6.27. The number of hydrogen-bond acceptors (Lipinski definition) is 2. The third-order valence-electron chi connectivity index (χ3n) is 2.46. The highest BCUT2D eigenvalue weighted by Crippen LogP contribution is 2.53. The highest BCUT2D eigenvalue weighted by molar-refractivity contribution is 7.59. The van der Waals surface area contributed by atoms with E-state index in [0.29, 0.717) is 12.3 Å². The average Bonchev–Trinajstić information content (AvgIpc) is 2.43. The van der Waals surface area contributed by atoms with Gasteiger partial charge in [-0.2, -0.15) is 0 Å². The van der Waals surface area contributed by atoms with Gasteiger partial charge in [-0.3, -0.25) is 4.57 Å². The van der Waals surface area contributed by atoms with Gasteiger partial charge in [0, 0.05) is 12.3 Å². The monoisotopic (exact) mass is 202 g/mol. The molecule has 0 N–H and O–H groups in total. The Balaban J connectivity index is 2.50. The minimum atomic E-state index is -2.31. The Bertz CT molecular complexity index is 241. The molecule has 0 aromatic heterocycles. The molecule has 0 radical (unpaired) electrons. The highest BCUT2D eigenvalue weighted by Gasteiger charge is 2.29. The van der Waals surface area contributed by atoms with Crippen LogP contribution in [0.5, 0.6) is 0 Å². The van der Waals surface area contributed by atoms with E-state index in [1.165, 1.54) is 5.57 Å². The van der Waals surface area contributed by atoms with Crippen LogP contribution in [0.25, 0.3) is 0 Å². The van der Waals surface area contributed by atoms with Crippen molar-refractivity contribution in [3.63, 3.8) is 0 Å². The minimum absolute atomic E-state index is 0.185. The lowest BCUT2D eigenvalue weighted by atomic mass is 10.2. The number of rotatable bonds is 4. The lowest BCUT2D eigenvalue weighted by Gasteiger charge is -2.19. The fourth-order valence-electron chi connectivity index (χ4n) is 1.59. The Morgan fingerprint density at radius 2 is 2.15 bits per heavy atom. The summed E-state index contributed by atoms with van der Waals surface area (Å²) in [7, 11) is -2.31. The molecule has 1 aliphatic rings. The van der Waals surface area contributed by atoms with E-state index < -0.39 is 7.37 Å². The predicted molar refractivity (Wildman–Crippen MR) is 56.6 cm³/mol. The van der Waals surface area contributed by atoms with E-state index in [-0.39, 0.29) is 6.10 Å². The van der Waals surface area contributed by atoms with Crippen molar-refractivity contribution < 1.29 is 9.09 Å². The van der Waals surface area contributed by atoms with Crippen LogP contribution in [-0.2, 0) is 9.09 Å². The maximum Gasteiger partial charge on any atom is 0.210 e. The first kappa shape index (κ1) is 11.0. The zero-order valence-corrected chi connectivity index (χ0v) is 9.64. The van der Waals surface area contributed by atoms with Crippen molar-refractivity contribution in [1.29, 1.82) is 0 Å². The van der Waals surface area contributed by atoms with E-state index in [4.69, 9.17) is 4.52 Å². The average molecular weight is 202 g/mol. The minimum Gasteiger partial charge on any atom is -0.325 e. The van der Waals surface area contributed by atoms with E-state index in [0.717, 1.165) is 12.8 Å². The van der Waals surface area contributed by atoms with Crippen LogP contribution in [-0.4, -0.2) is 18.4 Å². The molecule has 0 fully saturated rings. The van der Waals surface area contributed by atoms with Crippen LogP contribution < -0.4 is 0 Å². The van der Waals surface area contributed by atoms with Crippen molar-refractivity contribution in [3.8, 4) is 0 Å². The van der Waals surface area contributed by atoms with E-state index >= 15 is 0 Å². The third kappa shape index (κ3) is 2.96. The van der Waals surface area contributed by atoms with Gasteiger partial charge in [0.2, 0.25) is 7.37 Å². The first-order chi connectivity index (χ1) is 6.09. The van der Waals surface area contributed by atoms with Gasteiger partial charge in [0.05, 0.1) is 6.10 Å². The van der Waals surface area contributed by atoms with Crippen LogP contribution >= 0.6 is 7.37 Å². The Morgan fingerprint density at radius 3 is 2.54 bits per heavy atom. The van der Waals surface area contributed by atoms with Gasteiger partial charge in [0.25, 0.3) is 0 Å². The summed E-state index contributed by atoms with van der Waals surface area (Å²) in [6.07, 6.45) is 5.46. The van der Waals surface area contributed by atoms with Crippen molar-refractivity contribution in [2.45, 2.75) is 39.7 Å². The molecule has 0 aliphatic carbocycles. The summed E-state index contributed by atoms with van der Waals surface area (Å²) >= 11 is 0. The van der Waals surface area contributed by atoms with Gasteiger partial charge in [-0.15, -0.1) is 0 Å². The van der Waals surface area contributed by atoms with Crippen LogP contribution in [0, 0.1) is 0 Å². The second kappa shape index (κ2) is 4.43. The Kier molecular flexibility index (Phi) is 3.75. The zero-order valence-electron chi connectivity index (χ0n) is 8.75. The lowest BCUT2D eigenvalue weighted by molar-refractivity contribution is 0.197. The summed E-state index contributed by atoms with van der Waals surface area (Å²) in [5.41, 5.74) is 1.22. The summed E-state index contributed by atoms with van der Waals surface area (Å²) in [4.78, 5) is 0. The fourth-order valence-corrected chi connectivity index (χ4v) is 4.20. The third-order valence-corrected chi connectivity index (χ3v) is 4.86. The first-order valence-corrected chi connectivity index (χ1v) is 7.01. The Morgan fingerprint density at radius 1 is 1.54 bits per heavy atom. The molecule has 1 rings (SSSR count). The predicted octanol–water partition coefficient (Wildman–Crippen LogP) is 3.43. The lowest BCUT2D eigenvalue weighted by Crippen LogP contribution is -2.09. The Hall–Kier alpha value is -0.0700. The summed E-state index contributed by atoms with van der Waals surface area (Å²) in [5.74, 6) is 0. The number of allylic oxidation sites excluding steroid dienone is 2. The molecule has 2 nitrogen and oxygen atoms in total. The molecule has 0 aromatic rings. The highest BCUT2D eigenvalue weighted by atomic mass is 31.2. The smallest absolute Gasteiger partial charge is 0.210 e. The van der Waals surface area contributed by atoms with Crippen molar-refractivity contribution in [1.82, 2.24) is 0 Å². The standard InChI is InChI=1S/C10H19O2P/c1-4-10(5-2)12-13(11)7-6-9(3)8-13/h6,10H,4-5,7-8H2,1-3H3/t13-/m0/s1. The van der Waals surface area contributed by atoms with Gasteiger partial charge in [0.1, 0.15) is 0 Å². The van der Waals surface area contributed by atoms with Crippen molar-refractivity contribution in [2.24, 2.45) is 0 Å². The van der Waals surface area contributed by atoms with Crippen LogP contribution in [0.15, 0.2) is 11.6 Å². The molecule has 0 unspecified atom stereocenters. The van der Waals surface area contributed by atoms with Crippen LogP contribution in [0.1, 0.15) is 33.6 Å². The van der Waals surface area contributed by atoms with Crippen LogP contribution in [0.4, 0.5) is 0 Å². The number of hydrogen-bond donors (Lipinski definition) is 0. The molecule has 0 saturated heterocycles. The van der Waals surface area contributed by atoms with Crippen molar-refractivity contribution in [3.05, 3.63) is 11.6 Å². The Labute approximate surface area is 80.8 Å². The first-order valence-electron chi connectivity index (χ1n) is 5.01. The second-order valence-electron chi connectivity index (χ2n) is 3.75. The fraction of sp³-hybridized carbons (Fsp3) is 0.800. The molecular formula is C10H19O2P. The van der Waals surface area contributed by atoms with Crippen molar-refractivity contribution >= 4 is 7.37 Å². The van der Waals surface area contributed by atoms with Gasteiger partial charge in [-0.05, 0) is 19.8 Å². The van der Waals surface area contributed by atoms with Gasteiger partial charge < -0.3 is 4.52 Å². The summed E-state index contributed by atoms with van der Waals surface area (Å²) in [6.45, 7) is 6.18. The van der Waals surface area contributed by atoms with E-state index in [2.05, 4.69) is 13.8 Å². The zero-order chi connectivity index (χ0) is 9.90. The van der Waals surface area contributed by atoms with Crippen LogP contribution in [0.2, 0.25) is 0 Å².